The molecule has 1 heteroatoms. The van der Waals surface area contributed by atoms with Crippen LogP contribution >= 0.6 is 0 Å². The number of hydrogen-bond donors (Lipinski definition) is 0. The Bertz CT molecular complexity index is 208. The average Bonchev–Trinajstić information content (AvgIpc) is 2.42. The molecular weight excluding hydrogens is 232 g/mol. The Morgan fingerprint density at radius 1 is 0.789 bits per heavy atom. The van der Waals surface area contributed by atoms with Crippen LogP contribution in [-0.4, -0.2) is 5.78 Å². The lowest BCUT2D eigenvalue weighted by Crippen LogP contribution is -1.97. The van der Waals surface area contributed by atoms with Gasteiger partial charge in [0.25, 0.3) is 0 Å². The Labute approximate surface area is 120 Å². The summed E-state index contributed by atoms with van der Waals surface area (Å²) >= 11 is 0. The molecule has 0 heterocycles. The fourth-order valence-electron chi connectivity index (χ4n) is 2.37. The van der Waals surface area contributed by atoms with E-state index in [-0.39, 0.29) is 0 Å². The molecule has 0 fully saturated rings. The van der Waals surface area contributed by atoms with Gasteiger partial charge in [-0.1, -0.05) is 64.4 Å². The second-order valence-corrected chi connectivity index (χ2v) is 5.65. The number of carbonyl (C=O) groups excluding carboxylic acids is 1. The van der Waals surface area contributed by atoms with Gasteiger partial charge in [-0.05, 0) is 25.7 Å². The standard InChI is InChI=1S/C18H34O/c1-3-5-7-9-10-11-12-13-15-17-18(19)16-14-8-6-4-2/h3H,1,4-17H2,2H3. The van der Waals surface area contributed by atoms with Crippen molar-refractivity contribution in [3.8, 4) is 0 Å². The Balaban J connectivity index is 3.12. The maximum absolute atomic E-state index is 11.6. The largest absolute Gasteiger partial charge is 0.300 e. The van der Waals surface area contributed by atoms with Crippen LogP contribution in [0, 0.1) is 0 Å². The molecule has 0 rings (SSSR count). The van der Waals surface area contributed by atoms with Crippen molar-refractivity contribution in [3.63, 3.8) is 0 Å². The lowest BCUT2D eigenvalue weighted by molar-refractivity contribution is -0.119. The fraction of sp³-hybridized carbons (Fsp3) is 0.833. The van der Waals surface area contributed by atoms with Crippen LogP contribution in [0.4, 0.5) is 0 Å². The SMILES string of the molecule is C=CCCCCCCCCCC(=O)CCCCCC. The van der Waals surface area contributed by atoms with Crippen molar-refractivity contribution < 1.29 is 4.79 Å². The van der Waals surface area contributed by atoms with Gasteiger partial charge < -0.3 is 0 Å². The molecule has 0 aromatic carbocycles. The van der Waals surface area contributed by atoms with Gasteiger partial charge >= 0.3 is 0 Å². The minimum atomic E-state index is 0.488. The minimum absolute atomic E-state index is 0.488. The highest BCUT2D eigenvalue weighted by Crippen LogP contribution is 2.11. The molecule has 0 aliphatic heterocycles. The van der Waals surface area contributed by atoms with Crippen molar-refractivity contribution in [3.05, 3.63) is 12.7 Å². The van der Waals surface area contributed by atoms with E-state index < -0.39 is 0 Å². The van der Waals surface area contributed by atoms with Crippen molar-refractivity contribution in [2.45, 2.75) is 96.8 Å². The molecule has 19 heavy (non-hydrogen) atoms. The van der Waals surface area contributed by atoms with E-state index in [1.807, 2.05) is 6.08 Å². The van der Waals surface area contributed by atoms with E-state index in [0.717, 1.165) is 32.1 Å². The normalized spacial score (nSPS) is 10.6. The van der Waals surface area contributed by atoms with Crippen molar-refractivity contribution in [2.75, 3.05) is 0 Å². The van der Waals surface area contributed by atoms with Crippen LogP contribution < -0.4 is 0 Å². The zero-order valence-corrected chi connectivity index (χ0v) is 13.1. The van der Waals surface area contributed by atoms with Crippen LogP contribution in [-0.2, 0) is 4.79 Å². The first-order valence-electron chi connectivity index (χ1n) is 8.43. The summed E-state index contributed by atoms with van der Waals surface area (Å²) in [5, 5.41) is 0. The lowest BCUT2D eigenvalue weighted by Gasteiger charge is -2.02. The molecule has 112 valence electrons. The van der Waals surface area contributed by atoms with E-state index >= 15 is 0 Å². The third-order valence-electron chi connectivity index (χ3n) is 3.67. The molecule has 0 atom stereocenters. The third kappa shape index (κ3) is 15.4. The average molecular weight is 266 g/mol. The fourth-order valence-corrected chi connectivity index (χ4v) is 2.37. The van der Waals surface area contributed by atoms with Gasteiger partial charge in [-0.25, -0.2) is 0 Å². The van der Waals surface area contributed by atoms with Gasteiger partial charge in [0.2, 0.25) is 0 Å². The molecule has 0 unspecified atom stereocenters. The molecule has 0 aliphatic rings. The molecule has 0 saturated carbocycles. The summed E-state index contributed by atoms with van der Waals surface area (Å²) < 4.78 is 0. The van der Waals surface area contributed by atoms with Gasteiger partial charge in [-0.3, -0.25) is 4.79 Å². The van der Waals surface area contributed by atoms with Gasteiger partial charge in [-0.15, -0.1) is 6.58 Å². The van der Waals surface area contributed by atoms with Gasteiger partial charge in [-0.2, -0.15) is 0 Å². The predicted molar refractivity (Wildman–Crippen MR) is 85.5 cm³/mol. The number of allylic oxidation sites excluding steroid dienone is 1. The van der Waals surface area contributed by atoms with E-state index in [4.69, 9.17) is 0 Å². The first-order chi connectivity index (χ1) is 9.31. The number of carbonyl (C=O) groups is 1. The number of unbranched alkanes of at least 4 members (excludes halogenated alkanes) is 10. The molecule has 0 aliphatic carbocycles. The highest BCUT2D eigenvalue weighted by atomic mass is 16.1. The second-order valence-electron chi connectivity index (χ2n) is 5.65. The highest BCUT2D eigenvalue weighted by Gasteiger charge is 2.01. The zero-order chi connectivity index (χ0) is 14.2. The summed E-state index contributed by atoms with van der Waals surface area (Å²) in [6.45, 7) is 5.94. The van der Waals surface area contributed by atoms with Gasteiger partial charge in [0, 0.05) is 12.8 Å². The molecule has 0 radical (unpaired) electrons. The van der Waals surface area contributed by atoms with E-state index in [0.29, 0.717) is 5.78 Å². The van der Waals surface area contributed by atoms with Crippen molar-refractivity contribution in [1.29, 1.82) is 0 Å². The molecule has 0 N–H and O–H groups in total. The van der Waals surface area contributed by atoms with Crippen LogP contribution in [0.1, 0.15) is 96.8 Å². The Kier molecular flexibility index (Phi) is 15.0. The van der Waals surface area contributed by atoms with Gasteiger partial charge in [0.15, 0.2) is 0 Å². The molecule has 0 aromatic heterocycles. The Morgan fingerprint density at radius 3 is 1.79 bits per heavy atom. The van der Waals surface area contributed by atoms with Crippen LogP contribution in [0.2, 0.25) is 0 Å². The smallest absolute Gasteiger partial charge is 0.132 e. The molecule has 0 spiro atoms. The number of ketones is 1. The first kappa shape index (κ1) is 18.4. The molecule has 0 amide bonds. The molecule has 1 nitrogen and oxygen atoms in total. The van der Waals surface area contributed by atoms with Crippen molar-refractivity contribution >= 4 is 5.78 Å². The molecular formula is C18H34O. The lowest BCUT2D eigenvalue weighted by atomic mass is 10.0. The van der Waals surface area contributed by atoms with E-state index in [9.17, 15) is 4.79 Å². The van der Waals surface area contributed by atoms with E-state index in [1.54, 1.807) is 0 Å². The maximum Gasteiger partial charge on any atom is 0.132 e. The van der Waals surface area contributed by atoms with Crippen LogP contribution in [0.15, 0.2) is 12.7 Å². The molecule has 0 aromatic rings. The van der Waals surface area contributed by atoms with Crippen LogP contribution in [0.5, 0.6) is 0 Å². The topological polar surface area (TPSA) is 17.1 Å². The Hall–Kier alpha value is -0.590. The monoisotopic (exact) mass is 266 g/mol. The summed E-state index contributed by atoms with van der Waals surface area (Å²) in [5.74, 6) is 0.488. The molecule has 0 saturated heterocycles. The van der Waals surface area contributed by atoms with E-state index in [1.165, 1.54) is 57.8 Å². The van der Waals surface area contributed by atoms with Crippen LogP contribution in [0.25, 0.3) is 0 Å². The first-order valence-corrected chi connectivity index (χ1v) is 8.43. The minimum Gasteiger partial charge on any atom is -0.300 e. The van der Waals surface area contributed by atoms with E-state index in [2.05, 4.69) is 13.5 Å². The third-order valence-corrected chi connectivity index (χ3v) is 3.67. The molecule has 0 bridgehead atoms. The summed E-state index contributed by atoms with van der Waals surface area (Å²) in [5.41, 5.74) is 0. The number of Topliss-reactive ketones (excluding diaryl/α,β-unsaturated/α-hetero) is 1. The summed E-state index contributed by atoms with van der Waals surface area (Å²) in [7, 11) is 0. The summed E-state index contributed by atoms with van der Waals surface area (Å²) in [6.07, 6.45) is 18.6. The number of hydrogen-bond acceptors (Lipinski definition) is 1. The second kappa shape index (κ2) is 15.5. The zero-order valence-electron chi connectivity index (χ0n) is 13.1. The predicted octanol–water partition coefficient (Wildman–Crippen LogP) is 6.22. The quantitative estimate of drug-likeness (QED) is 0.254. The summed E-state index contributed by atoms with van der Waals surface area (Å²) in [6, 6.07) is 0. The van der Waals surface area contributed by atoms with Crippen molar-refractivity contribution in [2.24, 2.45) is 0 Å². The Morgan fingerprint density at radius 2 is 1.26 bits per heavy atom. The van der Waals surface area contributed by atoms with Gasteiger partial charge in [0.05, 0.1) is 0 Å². The highest BCUT2D eigenvalue weighted by molar-refractivity contribution is 5.78. The maximum atomic E-state index is 11.6. The number of rotatable bonds is 15. The van der Waals surface area contributed by atoms with Gasteiger partial charge in [0.1, 0.15) is 5.78 Å². The van der Waals surface area contributed by atoms with Crippen LogP contribution in [0.3, 0.4) is 0 Å². The summed E-state index contributed by atoms with van der Waals surface area (Å²) in [4.78, 5) is 11.6. The van der Waals surface area contributed by atoms with Crippen molar-refractivity contribution in [1.82, 2.24) is 0 Å².